The Morgan fingerprint density at radius 3 is 2.59 bits per heavy atom. The van der Waals surface area contributed by atoms with E-state index in [1.807, 2.05) is 25.1 Å². The van der Waals surface area contributed by atoms with Gasteiger partial charge in [0.2, 0.25) is 0 Å². The molecular formula is C22H30N4O. The van der Waals surface area contributed by atoms with Crippen LogP contribution in [0.25, 0.3) is 0 Å². The smallest absolute Gasteiger partial charge is 0.255 e. The van der Waals surface area contributed by atoms with Crippen molar-refractivity contribution in [2.45, 2.75) is 33.6 Å². The molecule has 1 aliphatic rings. The number of aryl methyl sites for hydroxylation is 1. The van der Waals surface area contributed by atoms with Gasteiger partial charge >= 0.3 is 0 Å². The molecule has 0 atom stereocenters. The summed E-state index contributed by atoms with van der Waals surface area (Å²) in [6, 6.07) is 9.85. The Morgan fingerprint density at radius 1 is 1.19 bits per heavy atom. The van der Waals surface area contributed by atoms with E-state index in [0.29, 0.717) is 11.5 Å². The Balaban J connectivity index is 1.77. The second-order valence-electron chi connectivity index (χ2n) is 7.47. The molecule has 0 saturated carbocycles. The van der Waals surface area contributed by atoms with Crippen LogP contribution in [0.2, 0.25) is 0 Å². The molecule has 27 heavy (non-hydrogen) atoms. The van der Waals surface area contributed by atoms with Crippen molar-refractivity contribution in [3.8, 4) is 0 Å². The third kappa shape index (κ3) is 4.48. The lowest BCUT2D eigenvalue weighted by Crippen LogP contribution is -2.46. The normalized spacial score (nSPS) is 15.2. The Bertz CT molecular complexity index is 795. The number of hydrogen-bond acceptors (Lipinski definition) is 4. The summed E-state index contributed by atoms with van der Waals surface area (Å²) in [5.41, 5.74) is 3.82. The van der Waals surface area contributed by atoms with Gasteiger partial charge in [0.25, 0.3) is 5.91 Å². The van der Waals surface area contributed by atoms with Gasteiger partial charge in [-0.15, -0.1) is 0 Å². The first-order valence-electron chi connectivity index (χ1n) is 9.83. The summed E-state index contributed by atoms with van der Waals surface area (Å²) in [6.07, 6.45) is 1.73. The van der Waals surface area contributed by atoms with E-state index >= 15 is 0 Å². The summed E-state index contributed by atoms with van der Waals surface area (Å²) in [6.45, 7) is 13.6. The SMILES string of the molecule is CCN1CCN(c2cc(C(=O)Nc3c(C)cccc3C(C)C)ccn2)CC1. The zero-order valence-corrected chi connectivity index (χ0v) is 16.8. The van der Waals surface area contributed by atoms with Gasteiger partial charge in [0.05, 0.1) is 0 Å². The molecule has 0 spiro atoms. The predicted octanol–water partition coefficient (Wildman–Crippen LogP) is 3.91. The number of anilines is 2. The number of benzene rings is 1. The number of piperazine rings is 1. The summed E-state index contributed by atoms with van der Waals surface area (Å²) in [5.74, 6) is 1.15. The standard InChI is InChI=1S/C22H30N4O/c1-5-25-11-13-26(14-12-25)20-15-18(9-10-23-20)22(27)24-21-17(4)7-6-8-19(21)16(2)3/h6-10,15-16H,5,11-14H2,1-4H3,(H,24,27). The number of amides is 1. The fourth-order valence-corrected chi connectivity index (χ4v) is 3.55. The number of hydrogen-bond donors (Lipinski definition) is 1. The van der Waals surface area contributed by atoms with Gasteiger partial charge in [0, 0.05) is 43.6 Å². The van der Waals surface area contributed by atoms with E-state index in [1.54, 1.807) is 12.3 Å². The minimum atomic E-state index is -0.0814. The molecule has 5 heteroatoms. The Kier molecular flexibility index (Phi) is 6.11. The molecule has 2 heterocycles. The second kappa shape index (κ2) is 8.53. The Hall–Kier alpha value is -2.40. The molecule has 0 aliphatic carbocycles. The van der Waals surface area contributed by atoms with Gasteiger partial charge < -0.3 is 15.1 Å². The number of nitrogens with one attached hydrogen (secondary N) is 1. The van der Waals surface area contributed by atoms with E-state index in [1.165, 1.54) is 0 Å². The van der Waals surface area contributed by atoms with Crippen LogP contribution in [0.4, 0.5) is 11.5 Å². The van der Waals surface area contributed by atoms with Crippen LogP contribution in [-0.2, 0) is 0 Å². The van der Waals surface area contributed by atoms with Crippen molar-refractivity contribution >= 4 is 17.4 Å². The van der Waals surface area contributed by atoms with E-state index in [0.717, 1.165) is 55.4 Å². The third-order valence-electron chi connectivity index (χ3n) is 5.32. The monoisotopic (exact) mass is 366 g/mol. The highest BCUT2D eigenvalue weighted by Gasteiger charge is 2.19. The highest BCUT2D eigenvalue weighted by Crippen LogP contribution is 2.28. The summed E-state index contributed by atoms with van der Waals surface area (Å²) >= 11 is 0. The molecule has 1 aromatic carbocycles. The number of aromatic nitrogens is 1. The predicted molar refractivity (Wildman–Crippen MR) is 112 cm³/mol. The first kappa shape index (κ1) is 19.4. The minimum absolute atomic E-state index is 0.0814. The number of likely N-dealkylation sites (N-methyl/N-ethyl adjacent to an activating group) is 1. The zero-order chi connectivity index (χ0) is 19.4. The first-order chi connectivity index (χ1) is 13.0. The van der Waals surface area contributed by atoms with Crippen LogP contribution in [0.15, 0.2) is 36.5 Å². The minimum Gasteiger partial charge on any atom is -0.354 e. The van der Waals surface area contributed by atoms with Crippen molar-refractivity contribution in [3.05, 3.63) is 53.2 Å². The number of pyridine rings is 1. The van der Waals surface area contributed by atoms with Gasteiger partial charge in [-0.05, 0) is 42.6 Å². The van der Waals surface area contributed by atoms with Gasteiger partial charge in [-0.3, -0.25) is 4.79 Å². The molecule has 1 N–H and O–H groups in total. The van der Waals surface area contributed by atoms with E-state index in [9.17, 15) is 4.79 Å². The molecule has 3 rings (SSSR count). The topological polar surface area (TPSA) is 48.5 Å². The third-order valence-corrected chi connectivity index (χ3v) is 5.32. The summed E-state index contributed by atoms with van der Waals surface area (Å²) in [4.78, 5) is 22.1. The van der Waals surface area contributed by atoms with Gasteiger partial charge in [-0.25, -0.2) is 4.98 Å². The molecule has 1 aromatic heterocycles. The quantitative estimate of drug-likeness (QED) is 0.872. The van der Waals surface area contributed by atoms with Gasteiger partial charge in [-0.1, -0.05) is 39.0 Å². The second-order valence-corrected chi connectivity index (χ2v) is 7.47. The zero-order valence-electron chi connectivity index (χ0n) is 16.8. The van der Waals surface area contributed by atoms with Crippen molar-refractivity contribution in [2.24, 2.45) is 0 Å². The van der Waals surface area contributed by atoms with E-state index in [4.69, 9.17) is 0 Å². The van der Waals surface area contributed by atoms with Crippen LogP contribution in [-0.4, -0.2) is 48.5 Å². The van der Waals surface area contributed by atoms with Crippen LogP contribution >= 0.6 is 0 Å². The van der Waals surface area contributed by atoms with E-state index in [-0.39, 0.29) is 5.91 Å². The number of rotatable bonds is 5. The average Bonchev–Trinajstić information content (AvgIpc) is 2.69. The van der Waals surface area contributed by atoms with Crippen LogP contribution < -0.4 is 10.2 Å². The molecule has 1 aliphatic heterocycles. The molecule has 0 bridgehead atoms. The molecule has 0 radical (unpaired) electrons. The van der Waals surface area contributed by atoms with Crippen molar-refractivity contribution in [2.75, 3.05) is 42.9 Å². The lowest BCUT2D eigenvalue weighted by atomic mass is 9.98. The van der Waals surface area contributed by atoms with Crippen molar-refractivity contribution in [3.63, 3.8) is 0 Å². The highest BCUT2D eigenvalue weighted by molar-refractivity contribution is 6.05. The first-order valence-corrected chi connectivity index (χ1v) is 9.83. The van der Waals surface area contributed by atoms with Gasteiger partial charge in [-0.2, -0.15) is 0 Å². The lowest BCUT2D eigenvalue weighted by Gasteiger charge is -2.34. The molecule has 1 amide bonds. The van der Waals surface area contributed by atoms with E-state index < -0.39 is 0 Å². The maximum atomic E-state index is 12.9. The summed E-state index contributed by atoms with van der Waals surface area (Å²) in [7, 11) is 0. The fourth-order valence-electron chi connectivity index (χ4n) is 3.55. The van der Waals surface area contributed by atoms with Crippen LogP contribution in [0.1, 0.15) is 48.2 Å². The van der Waals surface area contributed by atoms with Gasteiger partial charge in [0.15, 0.2) is 0 Å². The maximum absolute atomic E-state index is 12.9. The summed E-state index contributed by atoms with van der Waals surface area (Å²) in [5, 5.41) is 3.13. The van der Waals surface area contributed by atoms with Crippen molar-refractivity contribution in [1.29, 1.82) is 0 Å². The molecule has 0 unspecified atom stereocenters. The van der Waals surface area contributed by atoms with E-state index in [2.05, 4.69) is 46.9 Å². The number of nitrogens with zero attached hydrogens (tertiary/aromatic N) is 3. The van der Waals surface area contributed by atoms with Gasteiger partial charge in [0.1, 0.15) is 5.82 Å². The lowest BCUT2D eigenvalue weighted by molar-refractivity contribution is 0.102. The molecular weight excluding hydrogens is 336 g/mol. The maximum Gasteiger partial charge on any atom is 0.255 e. The number of para-hydroxylation sites is 1. The Morgan fingerprint density at radius 2 is 1.93 bits per heavy atom. The summed E-state index contributed by atoms with van der Waals surface area (Å²) < 4.78 is 0. The molecule has 2 aromatic rings. The largest absolute Gasteiger partial charge is 0.354 e. The van der Waals surface area contributed by atoms with Crippen LogP contribution in [0, 0.1) is 6.92 Å². The van der Waals surface area contributed by atoms with Crippen molar-refractivity contribution < 1.29 is 4.79 Å². The van der Waals surface area contributed by atoms with Crippen molar-refractivity contribution in [1.82, 2.24) is 9.88 Å². The molecule has 1 saturated heterocycles. The van der Waals surface area contributed by atoms with Crippen LogP contribution in [0.5, 0.6) is 0 Å². The molecule has 5 nitrogen and oxygen atoms in total. The average molecular weight is 367 g/mol. The fraction of sp³-hybridized carbons (Fsp3) is 0.455. The molecule has 1 fully saturated rings. The highest BCUT2D eigenvalue weighted by atomic mass is 16.1. The number of carbonyl (C=O) groups excluding carboxylic acids is 1. The van der Waals surface area contributed by atoms with Crippen LogP contribution in [0.3, 0.4) is 0 Å². The Labute approximate surface area is 162 Å². The molecule has 144 valence electrons. The number of carbonyl (C=O) groups is 1.